The molecule has 1 atom stereocenters. The molecule has 1 aliphatic rings. The summed E-state index contributed by atoms with van der Waals surface area (Å²) in [6.07, 6.45) is 0.383. The lowest BCUT2D eigenvalue weighted by Gasteiger charge is -2.10. The minimum absolute atomic E-state index is 0.0196. The lowest BCUT2D eigenvalue weighted by molar-refractivity contribution is -0.137. The fourth-order valence-corrected chi connectivity index (χ4v) is 2.73. The quantitative estimate of drug-likeness (QED) is 0.811. The van der Waals surface area contributed by atoms with Crippen molar-refractivity contribution >= 4 is 35.1 Å². The van der Waals surface area contributed by atoms with Gasteiger partial charge in [-0.05, 0) is 35.9 Å². The van der Waals surface area contributed by atoms with Crippen LogP contribution in [0.3, 0.4) is 0 Å². The average molecular weight is 362 g/mol. The molecule has 0 radical (unpaired) electrons. The van der Waals surface area contributed by atoms with Crippen LogP contribution in [0.15, 0.2) is 24.3 Å². The molecule has 1 unspecified atom stereocenters. The second-order valence-corrected chi connectivity index (χ2v) is 5.93. The fraction of sp³-hybridized carbons (Fsp3) is 0.312. The van der Waals surface area contributed by atoms with E-state index < -0.39 is 5.92 Å². The number of hydrogen-bond acceptors (Lipinski definition) is 7. The first-order valence-electron chi connectivity index (χ1n) is 7.58. The third-order valence-electron chi connectivity index (χ3n) is 3.90. The van der Waals surface area contributed by atoms with E-state index in [-0.39, 0.29) is 35.9 Å². The standard InChI is InChI=1S/C16H16ClN5O3/c1-22-13(23)8-9(14(22)24)7-12-19-15(17)21-16(20-12)18-10-3-5-11(25-2)6-4-10/h3-6,9H,7-8H2,1-2H3,(H,18,19,20,21). The van der Waals surface area contributed by atoms with Crippen molar-refractivity contribution in [2.75, 3.05) is 19.5 Å². The Morgan fingerprint density at radius 2 is 1.96 bits per heavy atom. The van der Waals surface area contributed by atoms with Crippen molar-refractivity contribution in [1.29, 1.82) is 0 Å². The summed E-state index contributed by atoms with van der Waals surface area (Å²) in [6, 6.07) is 7.21. The minimum Gasteiger partial charge on any atom is -0.497 e. The molecule has 1 aromatic heterocycles. The van der Waals surface area contributed by atoms with Gasteiger partial charge in [-0.1, -0.05) is 0 Å². The van der Waals surface area contributed by atoms with Crippen LogP contribution in [0.4, 0.5) is 11.6 Å². The zero-order valence-corrected chi connectivity index (χ0v) is 14.4. The van der Waals surface area contributed by atoms with Gasteiger partial charge >= 0.3 is 0 Å². The predicted octanol–water partition coefficient (Wildman–Crippen LogP) is 1.82. The second-order valence-electron chi connectivity index (χ2n) is 5.59. The Kier molecular flexibility index (Phi) is 4.80. The van der Waals surface area contributed by atoms with Crippen molar-refractivity contribution < 1.29 is 14.3 Å². The lowest BCUT2D eigenvalue weighted by atomic mass is 10.0. The maximum atomic E-state index is 12.0. The number of amides is 2. The highest BCUT2D eigenvalue weighted by Crippen LogP contribution is 2.23. The molecule has 25 heavy (non-hydrogen) atoms. The summed E-state index contributed by atoms with van der Waals surface area (Å²) in [7, 11) is 3.06. The summed E-state index contributed by atoms with van der Waals surface area (Å²) < 4.78 is 5.11. The van der Waals surface area contributed by atoms with Gasteiger partial charge in [-0.15, -0.1) is 0 Å². The summed E-state index contributed by atoms with van der Waals surface area (Å²) >= 11 is 5.96. The Hall–Kier alpha value is -2.74. The molecule has 0 spiro atoms. The maximum Gasteiger partial charge on any atom is 0.232 e. The van der Waals surface area contributed by atoms with Gasteiger partial charge in [0.25, 0.3) is 0 Å². The second kappa shape index (κ2) is 7.02. The van der Waals surface area contributed by atoms with E-state index in [4.69, 9.17) is 16.3 Å². The number of carbonyl (C=O) groups excluding carboxylic acids is 2. The van der Waals surface area contributed by atoms with E-state index in [0.29, 0.717) is 5.82 Å². The Labute approximate surface area is 149 Å². The van der Waals surface area contributed by atoms with Crippen molar-refractivity contribution in [2.45, 2.75) is 12.8 Å². The number of likely N-dealkylation sites (tertiary alicyclic amines) is 1. The van der Waals surface area contributed by atoms with Crippen LogP contribution < -0.4 is 10.1 Å². The molecule has 2 heterocycles. The third-order valence-corrected chi connectivity index (χ3v) is 4.07. The molecule has 1 N–H and O–H groups in total. The van der Waals surface area contributed by atoms with Gasteiger partial charge in [0, 0.05) is 25.6 Å². The van der Waals surface area contributed by atoms with Crippen molar-refractivity contribution in [3.05, 3.63) is 35.4 Å². The monoisotopic (exact) mass is 361 g/mol. The Morgan fingerprint density at radius 1 is 1.24 bits per heavy atom. The number of nitrogens with one attached hydrogen (secondary N) is 1. The van der Waals surface area contributed by atoms with Gasteiger partial charge in [0.05, 0.1) is 13.0 Å². The van der Waals surface area contributed by atoms with Gasteiger partial charge in [-0.25, -0.2) is 4.98 Å². The Balaban J connectivity index is 1.76. The lowest BCUT2D eigenvalue weighted by Crippen LogP contribution is -2.26. The van der Waals surface area contributed by atoms with Crippen molar-refractivity contribution in [3.8, 4) is 5.75 Å². The summed E-state index contributed by atoms with van der Waals surface area (Å²) in [6.45, 7) is 0. The molecule has 3 rings (SSSR count). The Morgan fingerprint density at radius 3 is 2.56 bits per heavy atom. The first kappa shape index (κ1) is 17.1. The van der Waals surface area contributed by atoms with Crippen molar-refractivity contribution in [3.63, 3.8) is 0 Å². The van der Waals surface area contributed by atoms with E-state index in [1.807, 2.05) is 12.1 Å². The van der Waals surface area contributed by atoms with Crippen LogP contribution in [0.25, 0.3) is 0 Å². The van der Waals surface area contributed by atoms with Crippen molar-refractivity contribution in [2.24, 2.45) is 5.92 Å². The van der Waals surface area contributed by atoms with E-state index in [1.54, 1.807) is 19.2 Å². The van der Waals surface area contributed by atoms with Crippen LogP contribution in [0.5, 0.6) is 5.75 Å². The van der Waals surface area contributed by atoms with Gasteiger partial charge in [-0.2, -0.15) is 9.97 Å². The normalized spacial score (nSPS) is 17.1. The number of anilines is 2. The van der Waals surface area contributed by atoms with Crippen LogP contribution in [0.2, 0.25) is 5.28 Å². The SMILES string of the molecule is COc1ccc(Nc2nc(Cl)nc(CC3CC(=O)N(C)C3=O)n2)cc1. The van der Waals surface area contributed by atoms with E-state index in [1.165, 1.54) is 7.05 Å². The molecule has 0 bridgehead atoms. The van der Waals surface area contributed by atoms with Crippen LogP contribution in [-0.2, 0) is 16.0 Å². The maximum absolute atomic E-state index is 12.0. The molecule has 2 amide bonds. The van der Waals surface area contributed by atoms with Crippen LogP contribution >= 0.6 is 11.6 Å². The number of halogens is 1. The molecule has 1 aromatic carbocycles. The molecule has 8 nitrogen and oxygen atoms in total. The fourth-order valence-electron chi connectivity index (χ4n) is 2.55. The zero-order chi connectivity index (χ0) is 18.0. The molecule has 1 aliphatic heterocycles. The molecule has 9 heteroatoms. The van der Waals surface area contributed by atoms with Crippen LogP contribution in [0.1, 0.15) is 12.2 Å². The van der Waals surface area contributed by atoms with E-state index >= 15 is 0 Å². The highest BCUT2D eigenvalue weighted by molar-refractivity contribution is 6.28. The molecule has 1 fully saturated rings. The highest BCUT2D eigenvalue weighted by Gasteiger charge is 2.36. The number of nitrogens with zero attached hydrogens (tertiary/aromatic N) is 4. The number of rotatable bonds is 5. The third kappa shape index (κ3) is 3.85. The van der Waals surface area contributed by atoms with Crippen LogP contribution in [-0.4, -0.2) is 45.8 Å². The summed E-state index contributed by atoms with van der Waals surface area (Å²) in [4.78, 5) is 37.1. The largest absolute Gasteiger partial charge is 0.497 e. The summed E-state index contributed by atoms with van der Waals surface area (Å²) in [5.74, 6) is 0.457. The van der Waals surface area contributed by atoms with Gasteiger partial charge in [0.2, 0.25) is 23.0 Å². The predicted molar refractivity (Wildman–Crippen MR) is 90.7 cm³/mol. The zero-order valence-electron chi connectivity index (χ0n) is 13.7. The number of ether oxygens (including phenoxy) is 1. The number of benzene rings is 1. The van der Waals surface area contributed by atoms with Gasteiger partial charge in [0.15, 0.2) is 0 Å². The molecular formula is C16H16ClN5O3. The molecule has 130 valence electrons. The van der Waals surface area contributed by atoms with Gasteiger partial charge in [0.1, 0.15) is 11.6 Å². The van der Waals surface area contributed by atoms with Crippen LogP contribution in [0, 0.1) is 5.92 Å². The number of methoxy groups -OCH3 is 1. The number of carbonyl (C=O) groups is 2. The molecule has 1 saturated heterocycles. The van der Waals surface area contributed by atoms with Gasteiger partial charge in [-0.3, -0.25) is 14.5 Å². The number of aromatic nitrogens is 3. The number of imide groups is 1. The van der Waals surface area contributed by atoms with Gasteiger partial charge < -0.3 is 10.1 Å². The first-order chi connectivity index (χ1) is 12.0. The average Bonchev–Trinajstić information content (AvgIpc) is 2.82. The minimum atomic E-state index is -0.468. The Bertz CT molecular complexity index is 812. The first-order valence-corrected chi connectivity index (χ1v) is 7.96. The van der Waals surface area contributed by atoms with E-state index in [2.05, 4.69) is 20.3 Å². The van der Waals surface area contributed by atoms with E-state index in [0.717, 1.165) is 16.3 Å². The molecule has 2 aromatic rings. The number of hydrogen-bond donors (Lipinski definition) is 1. The smallest absolute Gasteiger partial charge is 0.232 e. The molecule has 0 aliphatic carbocycles. The topological polar surface area (TPSA) is 97.3 Å². The molecule has 0 saturated carbocycles. The summed E-state index contributed by atoms with van der Waals surface area (Å²) in [5.41, 5.74) is 0.751. The molecular weight excluding hydrogens is 346 g/mol. The highest BCUT2D eigenvalue weighted by atomic mass is 35.5. The van der Waals surface area contributed by atoms with Crippen molar-refractivity contribution in [1.82, 2.24) is 19.9 Å². The summed E-state index contributed by atoms with van der Waals surface area (Å²) in [5, 5.41) is 3.05. The van der Waals surface area contributed by atoms with E-state index in [9.17, 15) is 9.59 Å².